The summed E-state index contributed by atoms with van der Waals surface area (Å²) in [6.07, 6.45) is 7.39. The summed E-state index contributed by atoms with van der Waals surface area (Å²) in [4.78, 5) is 14.4. The van der Waals surface area contributed by atoms with Crippen molar-refractivity contribution in [2.45, 2.75) is 30.8 Å². The van der Waals surface area contributed by atoms with Crippen LogP contribution in [0.3, 0.4) is 0 Å². The predicted octanol–water partition coefficient (Wildman–Crippen LogP) is 3.89. The lowest BCUT2D eigenvalue weighted by molar-refractivity contribution is -0.0247. The summed E-state index contributed by atoms with van der Waals surface area (Å²) in [5, 5.41) is 3.55. The summed E-state index contributed by atoms with van der Waals surface area (Å²) in [5.74, 6) is 0.432. The summed E-state index contributed by atoms with van der Waals surface area (Å²) in [7, 11) is 0. The van der Waals surface area contributed by atoms with Crippen LogP contribution in [-0.4, -0.2) is 47.2 Å². The first-order valence-electron chi connectivity index (χ1n) is 11.5. The molecule has 161 valence electrons. The van der Waals surface area contributed by atoms with Crippen molar-refractivity contribution in [1.29, 1.82) is 0 Å². The van der Waals surface area contributed by atoms with E-state index in [-0.39, 0.29) is 17.4 Å². The zero-order chi connectivity index (χ0) is 21.3. The van der Waals surface area contributed by atoms with Gasteiger partial charge in [-0.3, -0.25) is 9.80 Å². The van der Waals surface area contributed by atoms with Gasteiger partial charge in [-0.15, -0.1) is 0 Å². The van der Waals surface area contributed by atoms with Gasteiger partial charge in [0.25, 0.3) is 0 Å². The first-order chi connectivity index (χ1) is 15.7. The summed E-state index contributed by atoms with van der Waals surface area (Å²) < 4.78 is 14.3. The van der Waals surface area contributed by atoms with E-state index in [0.717, 1.165) is 26.2 Å². The molecule has 3 fully saturated rings. The number of nitrogens with zero attached hydrogens (tertiary/aromatic N) is 4. The van der Waals surface area contributed by atoms with E-state index in [9.17, 15) is 4.39 Å². The van der Waals surface area contributed by atoms with E-state index in [0.29, 0.717) is 22.5 Å². The lowest BCUT2D eigenvalue weighted by atomic mass is 9.77. The van der Waals surface area contributed by atoms with Crippen LogP contribution in [-0.2, 0) is 5.41 Å². The van der Waals surface area contributed by atoms with Gasteiger partial charge in [0.1, 0.15) is 5.82 Å². The number of benzene rings is 2. The molecule has 7 rings (SSSR count). The molecular weight excluding hydrogens is 401 g/mol. The van der Waals surface area contributed by atoms with Crippen LogP contribution in [0.1, 0.15) is 24.8 Å². The molecule has 2 spiro atoms. The number of hydrogen-bond donors (Lipinski definition) is 1. The van der Waals surface area contributed by atoms with Crippen molar-refractivity contribution in [3.63, 3.8) is 0 Å². The monoisotopic (exact) mass is 426 g/mol. The number of anilines is 2. The number of fused-ring (bicyclic) bond motifs is 2. The molecule has 6 heteroatoms. The Hall–Kier alpha value is -2.83. The molecule has 2 aromatic carbocycles. The quantitative estimate of drug-likeness (QED) is 0.689. The molecule has 4 aliphatic rings. The maximum atomic E-state index is 14.3. The highest BCUT2D eigenvalue weighted by Crippen LogP contribution is 2.63. The molecule has 1 aliphatic carbocycles. The third-order valence-electron chi connectivity index (χ3n) is 7.96. The fraction of sp³-hybridized carbons (Fsp3) is 0.385. The third kappa shape index (κ3) is 2.57. The summed E-state index contributed by atoms with van der Waals surface area (Å²) in [6.45, 7) is 4.49. The smallest absolute Gasteiger partial charge is 0.231 e. The lowest BCUT2D eigenvalue weighted by Crippen LogP contribution is -2.65. The Balaban J connectivity index is 1.27. The van der Waals surface area contributed by atoms with Crippen LogP contribution >= 0.6 is 0 Å². The van der Waals surface area contributed by atoms with Gasteiger partial charge in [-0.1, -0.05) is 30.3 Å². The Bertz CT molecular complexity index is 1170. The summed E-state index contributed by atoms with van der Waals surface area (Å²) in [6, 6.07) is 16.4. The van der Waals surface area contributed by atoms with Crippen LogP contribution < -0.4 is 10.2 Å². The van der Waals surface area contributed by atoms with Crippen molar-refractivity contribution < 1.29 is 4.39 Å². The maximum Gasteiger partial charge on any atom is 0.231 e. The van der Waals surface area contributed by atoms with E-state index in [2.05, 4.69) is 33.3 Å². The Morgan fingerprint density at radius 1 is 1.06 bits per heavy atom. The topological polar surface area (TPSA) is 44.3 Å². The van der Waals surface area contributed by atoms with Gasteiger partial charge in [0.05, 0.1) is 11.9 Å². The van der Waals surface area contributed by atoms with Gasteiger partial charge in [-0.2, -0.15) is 0 Å². The Labute approximate surface area is 187 Å². The first kappa shape index (κ1) is 18.7. The minimum Gasteiger partial charge on any atom is -0.316 e. The molecule has 2 saturated heterocycles. The van der Waals surface area contributed by atoms with Crippen LogP contribution in [0, 0.1) is 17.3 Å². The van der Waals surface area contributed by atoms with E-state index < -0.39 is 0 Å². The van der Waals surface area contributed by atoms with Gasteiger partial charge in [0, 0.05) is 54.0 Å². The van der Waals surface area contributed by atoms with E-state index in [1.807, 2.05) is 12.1 Å². The Kier molecular flexibility index (Phi) is 3.85. The number of likely N-dealkylation sites (tertiary alicyclic amines) is 1. The Morgan fingerprint density at radius 3 is 2.59 bits per heavy atom. The average molecular weight is 427 g/mol. The Morgan fingerprint density at radius 2 is 1.88 bits per heavy atom. The molecule has 1 atom stereocenters. The predicted molar refractivity (Wildman–Crippen MR) is 121 cm³/mol. The number of aromatic nitrogens is 2. The van der Waals surface area contributed by atoms with Crippen molar-refractivity contribution in [2.24, 2.45) is 5.41 Å². The number of nitrogens with one attached hydrogen (secondary N) is 1. The second kappa shape index (κ2) is 6.59. The highest BCUT2D eigenvalue weighted by atomic mass is 19.1. The molecule has 0 bridgehead atoms. The zero-order valence-corrected chi connectivity index (χ0v) is 17.9. The van der Waals surface area contributed by atoms with Gasteiger partial charge < -0.3 is 5.32 Å². The number of rotatable bonds is 3. The maximum absolute atomic E-state index is 14.3. The van der Waals surface area contributed by atoms with Crippen LogP contribution in [0.5, 0.6) is 0 Å². The molecule has 3 aromatic rings. The van der Waals surface area contributed by atoms with Crippen molar-refractivity contribution in [1.82, 2.24) is 20.2 Å². The van der Waals surface area contributed by atoms with Gasteiger partial charge in [0.15, 0.2) is 0 Å². The molecule has 4 heterocycles. The van der Waals surface area contributed by atoms with E-state index in [1.165, 1.54) is 36.6 Å². The molecule has 1 saturated carbocycles. The molecular formula is C26H25FN5. The molecule has 5 nitrogen and oxygen atoms in total. The molecule has 32 heavy (non-hydrogen) atoms. The molecule has 0 amide bonds. The molecule has 1 N–H and O–H groups in total. The van der Waals surface area contributed by atoms with E-state index in [4.69, 9.17) is 9.97 Å². The molecule has 1 aromatic heterocycles. The summed E-state index contributed by atoms with van der Waals surface area (Å²) in [5.41, 5.74) is 4.38. The molecule has 1 radical (unpaired) electrons. The largest absolute Gasteiger partial charge is 0.316 e. The van der Waals surface area contributed by atoms with Crippen molar-refractivity contribution in [2.75, 3.05) is 31.1 Å². The third-order valence-corrected chi connectivity index (χ3v) is 7.96. The number of halogens is 1. The lowest BCUT2D eigenvalue weighted by Gasteiger charge is -2.53. The highest BCUT2D eigenvalue weighted by molar-refractivity contribution is 5.73. The van der Waals surface area contributed by atoms with Gasteiger partial charge in [-0.05, 0) is 49.6 Å². The minimum absolute atomic E-state index is 0.158. The van der Waals surface area contributed by atoms with Crippen molar-refractivity contribution in [3.05, 3.63) is 72.3 Å². The van der Waals surface area contributed by atoms with Gasteiger partial charge in [-0.25, -0.2) is 14.4 Å². The second-order valence-corrected chi connectivity index (χ2v) is 9.93. The molecule has 3 aliphatic heterocycles. The SMILES string of the molecule is Fc1ccccc1-c1cnc(N2c3c[c]ccc3C3(CC3)C2N2CC3(CCNC3)C2)nc1. The van der Waals surface area contributed by atoms with Gasteiger partial charge in [0.2, 0.25) is 5.95 Å². The first-order valence-corrected chi connectivity index (χ1v) is 11.5. The van der Waals surface area contributed by atoms with Crippen LogP contribution in [0.4, 0.5) is 16.0 Å². The fourth-order valence-corrected chi connectivity index (χ4v) is 6.29. The van der Waals surface area contributed by atoms with Crippen LogP contribution in [0.2, 0.25) is 0 Å². The normalized spacial score (nSPS) is 24.7. The standard InChI is InChI=1S/C26H25FN5/c27-21-7-3-1-5-19(21)18-13-29-24(30-14-18)32-22-8-4-2-6-20(22)26(9-10-26)23(32)31-16-25(17-31)11-12-28-15-25/h1-3,5-8,13-14,23,28H,9-12,15-17H2. The second-order valence-electron chi connectivity index (χ2n) is 9.93. The van der Waals surface area contributed by atoms with Crippen molar-refractivity contribution in [3.8, 4) is 11.1 Å². The summed E-state index contributed by atoms with van der Waals surface area (Å²) >= 11 is 0. The minimum atomic E-state index is -0.254. The van der Waals surface area contributed by atoms with Crippen molar-refractivity contribution >= 4 is 11.6 Å². The zero-order valence-electron chi connectivity index (χ0n) is 17.9. The fourth-order valence-electron chi connectivity index (χ4n) is 6.29. The van der Waals surface area contributed by atoms with Crippen LogP contribution in [0.25, 0.3) is 11.1 Å². The highest BCUT2D eigenvalue weighted by Gasteiger charge is 2.64. The van der Waals surface area contributed by atoms with Gasteiger partial charge >= 0.3 is 0 Å². The van der Waals surface area contributed by atoms with E-state index >= 15 is 0 Å². The molecule has 1 unspecified atom stereocenters. The number of hydrogen-bond acceptors (Lipinski definition) is 5. The van der Waals surface area contributed by atoms with E-state index in [1.54, 1.807) is 24.5 Å². The average Bonchev–Trinajstić information content (AvgIpc) is 3.34. The van der Waals surface area contributed by atoms with Crippen LogP contribution in [0.15, 0.2) is 54.9 Å².